The van der Waals surface area contributed by atoms with Gasteiger partial charge < -0.3 is 14.8 Å². The first kappa shape index (κ1) is 13.9. The molecule has 1 aliphatic heterocycles. The number of carbonyl (C=O) groups excluding carboxylic acids is 1. The Morgan fingerprint density at radius 1 is 1.37 bits per heavy atom. The molecule has 4 nitrogen and oxygen atoms in total. The highest BCUT2D eigenvalue weighted by molar-refractivity contribution is 5.83. The zero-order valence-electron chi connectivity index (χ0n) is 11.6. The largest absolute Gasteiger partial charge is 0.497 e. The molecule has 0 unspecified atom stereocenters. The van der Waals surface area contributed by atoms with Crippen LogP contribution < -0.4 is 10.1 Å². The summed E-state index contributed by atoms with van der Waals surface area (Å²) in [7, 11) is 1.65. The Hall–Kier alpha value is -1.55. The molecule has 0 saturated carbocycles. The SMILES string of the molecule is CCC1(C(=O)NCCc2ccc(OC)cc2)COC1. The molecule has 1 N–H and O–H groups in total. The normalized spacial score (nSPS) is 16.5. The zero-order chi connectivity index (χ0) is 13.7. The van der Waals surface area contributed by atoms with E-state index < -0.39 is 0 Å². The predicted octanol–water partition coefficient (Wildman–Crippen LogP) is 1.78. The second-order valence-electron chi connectivity index (χ2n) is 4.98. The van der Waals surface area contributed by atoms with Crippen molar-refractivity contribution in [3.8, 4) is 5.75 Å². The summed E-state index contributed by atoms with van der Waals surface area (Å²) >= 11 is 0. The zero-order valence-corrected chi connectivity index (χ0v) is 11.6. The van der Waals surface area contributed by atoms with E-state index in [1.54, 1.807) is 7.11 Å². The van der Waals surface area contributed by atoms with Gasteiger partial charge in [0.05, 0.1) is 25.7 Å². The van der Waals surface area contributed by atoms with Crippen LogP contribution in [-0.4, -0.2) is 32.8 Å². The minimum absolute atomic E-state index is 0.120. The maximum atomic E-state index is 12.1. The monoisotopic (exact) mass is 263 g/mol. The summed E-state index contributed by atoms with van der Waals surface area (Å²) in [5.74, 6) is 0.971. The van der Waals surface area contributed by atoms with Crippen LogP contribution in [0.4, 0.5) is 0 Å². The van der Waals surface area contributed by atoms with E-state index in [-0.39, 0.29) is 11.3 Å². The van der Waals surface area contributed by atoms with Gasteiger partial charge in [0, 0.05) is 6.54 Å². The lowest BCUT2D eigenvalue weighted by Crippen LogP contribution is -2.53. The Labute approximate surface area is 114 Å². The smallest absolute Gasteiger partial charge is 0.230 e. The van der Waals surface area contributed by atoms with Crippen LogP contribution in [0.1, 0.15) is 18.9 Å². The van der Waals surface area contributed by atoms with Gasteiger partial charge in [0.25, 0.3) is 0 Å². The van der Waals surface area contributed by atoms with Crippen molar-refractivity contribution < 1.29 is 14.3 Å². The van der Waals surface area contributed by atoms with Crippen molar-refractivity contribution in [2.24, 2.45) is 5.41 Å². The molecule has 4 heteroatoms. The lowest BCUT2D eigenvalue weighted by atomic mass is 9.82. The highest BCUT2D eigenvalue weighted by atomic mass is 16.5. The van der Waals surface area contributed by atoms with Crippen molar-refractivity contribution in [1.29, 1.82) is 0 Å². The first-order valence-corrected chi connectivity index (χ1v) is 6.69. The number of rotatable bonds is 6. The second kappa shape index (κ2) is 6.06. The average molecular weight is 263 g/mol. The third kappa shape index (κ3) is 3.07. The average Bonchev–Trinajstić information content (AvgIpc) is 2.39. The van der Waals surface area contributed by atoms with Crippen LogP contribution in [-0.2, 0) is 16.0 Å². The first-order valence-electron chi connectivity index (χ1n) is 6.69. The molecule has 1 saturated heterocycles. The van der Waals surface area contributed by atoms with E-state index in [0.717, 1.165) is 18.6 Å². The van der Waals surface area contributed by atoms with Crippen molar-refractivity contribution in [3.05, 3.63) is 29.8 Å². The predicted molar refractivity (Wildman–Crippen MR) is 73.3 cm³/mol. The number of carbonyl (C=O) groups is 1. The number of nitrogens with one attached hydrogen (secondary N) is 1. The van der Waals surface area contributed by atoms with Gasteiger partial charge in [-0.3, -0.25) is 4.79 Å². The maximum Gasteiger partial charge on any atom is 0.230 e. The number of ether oxygens (including phenoxy) is 2. The van der Waals surface area contributed by atoms with Gasteiger partial charge >= 0.3 is 0 Å². The summed E-state index contributed by atoms with van der Waals surface area (Å²) in [5, 5.41) is 3.00. The van der Waals surface area contributed by atoms with Crippen LogP contribution in [0, 0.1) is 5.41 Å². The third-order valence-electron chi connectivity index (χ3n) is 3.77. The molecule has 0 aliphatic carbocycles. The summed E-state index contributed by atoms with van der Waals surface area (Å²) in [4.78, 5) is 12.1. The van der Waals surface area contributed by atoms with E-state index in [1.165, 1.54) is 5.56 Å². The summed E-state index contributed by atoms with van der Waals surface area (Å²) in [6, 6.07) is 7.91. The molecule has 104 valence electrons. The summed E-state index contributed by atoms with van der Waals surface area (Å²) < 4.78 is 10.3. The molecular weight excluding hydrogens is 242 g/mol. The molecule has 1 aromatic rings. The van der Waals surface area contributed by atoms with Crippen LogP contribution in [0.3, 0.4) is 0 Å². The first-order chi connectivity index (χ1) is 9.20. The van der Waals surface area contributed by atoms with E-state index in [2.05, 4.69) is 5.32 Å². The van der Waals surface area contributed by atoms with Crippen LogP contribution >= 0.6 is 0 Å². The minimum Gasteiger partial charge on any atom is -0.497 e. The van der Waals surface area contributed by atoms with E-state index >= 15 is 0 Å². The molecule has 19 heavy (non-hydrogen) atoms. The fraction of sp³-hybridized carbons (Fsp3) is 0.533. The van der Waals surface area contributed by atoms with E-state index in [0.29, 0.717) is 19.8 Å². The summed E-state index contributed by atoms with van der Waals surface area (Å²) in [6.45, 7) is 3.80. The molecule has 1 aromatic carbocycles. The number of methoxy groups -OCH3 is 1. The Morgan fingerprint density at radius 3 is 2.53 bits per heavy atom. The molecule has 2 rings (SSSR count). The molecule has 0 bridgehead atoms. The van der Waals surface area contributed by atoms with Crippen molar-refractivity contribution in [3.63, 3.8) is 0 Å². The second-order valence-corrected chi connectivity index (χ2v) is 4.98. The minimum atomic E-state index is -0.278. The van der Waals surface area contributed by atoms with Crippen LogP contribution in [0.2, 0.25) is 0 Å². The quantitative estimate of drug-likeness (QED) is 0.851. The molecule has 0 spiro atoms. The van der Waals surface area contributed by atoms with Gasteiger partial charge in [0.2, 0.25) is 5.91 Å². The van der Waals surface area contributed by atoms with Crippen molar-refractivity contribution in [2.75, 3.05) is 26.9 Å². The number of hydrogen-bond donors (Lipinski definition) is 1. The van der Waals surface area contributed by atoms with Gasteiger partial charge in [-0.1, -0.05) is 19.1 Å². The molecule has 1 amide bonds. The highest BCUT2D eigenvalue weighted by Crippen LogP contribution is 2.31. The number of amides is 1. The summed E-state index contributed by atoms with van der Waals surface area (Å²) in [5.41, 5.74) is 0.913. The maximum absolute atomic E-state index is 12.1. The van der Waals surface area contributed by atoms with Gasteiger partial charge in [-0.05, 0) is 30.5 Å². The molecule has 0 aromatic heterocycles. The molecule has 1 heterocycles. The van der Waals surface area contributed by atoms with Crippen molar-refractivity contribution >= 4 is 5.91 Å². The lowest BCUT2D eigenvalue weighted by molar-refractivity contribution is -0.162. The number of benzene rings is 1. The molecule has 1 aliphatic rings. The fourth-order valence-electron chi connectivity index (χ4n) is 2.14. The summed E-state index contributed by atoms with van der Waals surface area (Å²) in [6.07, 6.45) is 1.66. The van der Waals surface area contributed by atoms with Crippen LogP contribution in [0.25, 0.3) is 0 Å². The van der Waals surface area contributed by atoms with Gasteiger partial charge in [-0.25, -0.2) is 0 Å². The van der Waals surface area contributed by atoms with Crippen LogP contribution in [0.15, 0.2) is 24.3 Å². The standard InChI is InChI=1S/C15H21NO3/c1-3-15(10-19-11-15)14(17)16-9-8-12-4-6-13(18-2)7-5-12/h4-7H,3,8-11H2,1-2H3,(H,16,17). The van der Waals surface area contributed by atoms with Crippen molar-refractivity contribution in [1.82, 2.24) is 5.32 Å². The topological polar surface area (TPSA) is 47.6 Å². The van der Waals surface area contributed by atoms with E-state index in [9.17, 15) is 4.79 Å². The third-order valence-corrected chi connectivity index (χ3v) is 3.77. The number of hydrogen-bond acceptors (Lipinski definition) is 3. The van der Waals surface area contributed by atoms with Gasteiger partial charge in [-0.15, -0.1) is 0 Å². The van der Waals surface area contributed by atoms with E-state index in [1.807, 2.05) is 31.2 Å². The van der Waals surface area contributed by atoms with Gasteiger partial charge in [0.1, 0.15) is 5.75 Å². The molecule has 0 atom stereocenters. The Balaban J connectivity index is 1.78. The Bertz CT molecular complexity index is 418. The van der Waals surface area contributed by atoms with Gasteiger partial charge in [-0.2, -0.15) is 0 Å². The fourth-order valence-corrected chi connectivity index (χ4v) is 2.14. The van der Waals surface area contributed by atoms with E-state index in [4.69, 9.17) is 9.47 Å². The Morgan fingerprint density at radius 2 is 2.05 bits per heavy atom. The Kier molecular flexibility index (Phi) is 4.43. The molecule has 0 radical (unpaired) electrons. The lowest BCUT2D eigenvalue weighted by Gasteiger charge is -2.39. The van der Waals surface area contributed by atoms with Gasteiger partial charge in [0.15, 0.2) is 0 Å². The molecular formula is C15H21NO3. The van der Waals surface area contributed by atoms with Crippen LogP contribution in [0.5, 0.6) is 5.75 Å². The molecule has 1 fully saturated rings. The van der Waals surface area contributed by atoms with Crippen molar-refractivity contribution in [2.45, 2.75) is 19.8 Å². The highest BCUT2D eigenvalue weighted by Gasteiger charge is 2.43.